The molecule has 0 radical (unpaired) electrons. The van der Waals surface area contributed by atoms with Gasteiger partial charge in [0.05, 0.1) is 5.92 Å². The zero-order valence-electron chi connectivity index (χ0n) is 6.99. The van der Waals surface area contributed by atoms with Crippen LogP contribution in [0.3, 0.4) is 0 Å². The molecular formula is C9H12O3. The average molecular weight is 168 g/mol. The smallest absolute Gasteiger partial charge is 0.307 e. The molecule has 3 heteroatoms. The van der Waals surface area contributed by atoms with Gasteiger partial charge in [-0.1, -0.05) is 6.92 Å². The van der Waals surface area contributed by atoms with Gasteiger partial charge in [0.15, 0.2) is 0 Å². The molecular weight excluding hydrogens is 156 g/mol. The van der Waals surface area contributed by atoms with Gasteiger partial charge in [0, 0.05) is 12.3 Å². The van der Waals surface area contributed by atoms with Gasteiger partial charge >= 0.3 is 5.97 Å². The summed E-state index contributed by atoms with van der Waals surface area (Å²) in [7, 11) is 0. The Morgan fingerprint density at radius 1 is 1.58 bits per heavy atom. The fourth-order valence-corrected chi connectivity index (χ4v) is 2.75. The maximum absolute atomic E-state index is 11.2. The van der Waals surface area contributed by atoms with Crippen LogP contribution in [0.1, 0.15) is 19.8 Å². The van der Waals surface area contributed by atoms with Crippen LogP contribution >= 0.6 is 0 Å². The highest BCUT2D eigenvalue weighted by atomic mass is 16.4. The molecule has 12 heavy (non-hydrogen) atoms. The van der Waals surface area contributed by atoms with Crippen molar-refractivity contribution >= 4 is 11.8 Å². The predicted molar refractivity (Wildman–Crippen MR) is 41.5 cm³/mol. The Morgan fingerprint density at radius 3 is 2.67 bits per heavy atom. The number of hydrogen-bond acceptors (Lipinski definition) is 2. The second-order valence-electron chi connectivity index (χ2n) is 4.00. The van der Waals surface area contributed by atoms with Crippen LogP contribution in [0.2, 0.25) is 0 Å². The van der Waals surface area contributed by atoms with Crippen LogP contribution in [0.25, 0.3) is 0 Å². The Hall–Kier alpha value is -0.860. The van der Waals surface area contributed by atoms with Gasteiger partial charge in [0.1, 0.15) is 5.78 Å². The number of carbonyl (C=O) groups is 2. The summed E-state index contributed by atoms with van der Waals surface area (Å²) in [4.78, 5) is 22.0. The average Bonchev–Trinajstić information content (AvgIpc) is 2.44. The molecule has 2 fully saturated rings. The minimum Gasteiger partial charge on any atom is -0.481 e. The van der Waals surface area contributed by atoms with E-state index in [4.69, 9.17) is 5.11 Å². The summed E-state index contributed by atoms with van der Waals surface area (Å²) in [5.74, 6) is -0.624. The summed E-state index contributed by atoms with van der Waals surface area (Å²) in [6.45, 7) is 1.95. The minimum absolute atomic E-state index is 0.164. The molecule has 2 saturated carbocycles. The topological polar surface area (TPSA) is 54.4 Å². The Labute approximate surface area is 70.8 Å². The highest BCUT2D eigenvalue weighted by Crippen LogP contribution is 2.50. The quantitative estimate of drug-likeness (QED) is 0.633. The number of hydrogen-bond donors (Lipinski definition) is 1. The first-order valence-corrected chi connectivity index (χ1v) is 4.36. The number of ketones is 1. The fourth-order valence-electron chi connectivity index (χ4n) is 2.75. The standard InChI is InChI=1S/C9H12O3/c1-4-5-2-6(7(10)3-5)8(4)9(11)12/h4-6,8H,2-3H2,1H3,(H,11,12)/t4-,5-,6+,8-/m0/s1. The molecule has 3 nitrogen and oxygen atoms in total. The number of carboxylic acids is 1. The van der Waals surface area contributed by atoms with E-state index in [2.05, 4.69) is 0 Å². The van der Waals surface area contributed by atoms with Crippen molar-refractivity contribution in [2.75, 3.05) is 0 Å². The number of aliphatic carboxylic acids is 1. The van der Waals surface area contributed by atoms with Crippen LogP contribution < -0.4 is 0 Å². The fraction of sp³-hybridized carbons (Fsp3) is 0.778. The SMILES string of the molecule is C[C@H]1[C@@H]2CC(=O)[C@@H](C2)[C@H]1C(=O)O. The molecule has 66 valence electrons. The number of Topliss-reactive ketones (excluding diaryl/α,β-unsaturated/α-hetero) is 1. The van der Waals surface area contributed by atoms with Gasteiger partial charge in [-0.25, -0.2) is 0 Å². The zero-order chi connectivity index (χ0) is 8.88. The minimum atomic E-state index is -0.789. The molecule has 2 aliphatic carbocycles. The summed E-state index contributed by atoms with van der Waals surface area (Å²) < 4.78 is 0. The lowest BCUT2D eigenvalue weighted by Gasteiger charge is -2.23. The first-order chi connectivity index (χ1) is 5.61. The van der Waals surface area contributed by atoms with Crippen LogP contribution in [-0.4, -0.2) is 16.9 Å². The van der Waals surface area contributed by atoms with E-state index in [0.717, 1.165) is 6.42 Å². The third-order valence-electron chi connectivity index (χ3n) is 3.46. The lowest BCUT2D eigenvalue weighted by molar-refractivity contribution is -0.148. The largest absolute Gasteiger partial charge is 0.481 e. The van der Waals surface area contributed by atoms with Crippen LogP contribution in [0, 0.1) is 23.7 Å². The second-order valence-corrected chi connectivity index (χ2v) is 4.00. The molecule has 0 aromatic carbocycles. The maximum Gasteiger partial charge on any atom is 0.307 e. The van der Waals surface area contributed by atoms with E-state index >= 15 is 0 Å². The molecule has 0 spiro atoms. The van der Waals surface area contributed by atoms with Gasteiger partial charge in [-0.2, -0.15) is 0 Å². The number of fused-ring (bicyclic) bond motifs is 2. The molecule has 4 atom stereocenters. The third-order valence-corrected chi connectivity index (χ3v) is 3.46. The summed E-state index contributed by atoms with van der Waals surface area (Å²) >= 11 is 0. The first-order valence-electron chi connectivity index (χ1n) is 4.36. The first kappa shape index (κ1) is 7.77. The lowest BCUT2D eigenvalue weighted by atomic mass is 9.80. The molecule has 0 heterocycles. The van der Waals surface area contributed by atoms with Gasteiger partial charge in [0.25, 0.3) is 0 Å². The highest BCUT2D eigenvalue weighted by molar-refractivity contribution is 5.90. The molecule has 0 amide bonds. The lowest BCUT2D eigenvalue weighted by Crippen LogP contribution is -2.32. The number of carboxylic acid groups (broad SMARTS) is 1. The van der Waals surface area contributed by atoms with E-state index in [-0.39, 0.29) is 17.6 Å². The summed E-state index contributed by atoms with van der Waals surface area (Å²) in [5.41, 5.74) is 0. The van der Waals surface area contributed by atoms with Crippen LogP contribution in [0.5, 0.6) is 0 Å². The van der Waals surface area contributed by atoms with E-state index in [1.54, 1.807) is 0 Å². The Bertz CT molecular complexity index is 246. The van der Waals surface area contributed by atoms with Crippen molar-refractivity contribution in [3.63, 3.8) is 0 Å². The molecule has 0 aliphatic heterocycles. The molecule has 2 rings (SSSR count). The Kier molecular flexibility index (Phi) is 1.50. The van der Waals surface area contributed by atoms with E-state index in [1.165, 1.54) is 0 Å². The maximum atomic E-state index is 11.2. The van der Waals surface area contributed by atoms with Crippen LogP contribution in [0.15, 0.2) is 0 Å². The van der Waals surface area contributed by atoms with E-state index in [9.17, 15) is 9.59 Å². The van der Waals surface area contributed by atoms with Gasteiger partial charge in [0.2, 0.25) is 0 Å². The monoisotopic (exact) mass is 168 g/mol. The normalized spacial score (nSPS) is 45.2. The van der Waals surface area contributed by atoms with Crippen LogP contribution in [0.4, 0.5) is 0 Å². The Morgan fingerprint density at radius 2 is 2.25 bits per heavy atom. The van der Waals surface area contributed by atoms with Gasteiger partial charge < -0.3 is 5.11 Å². The molecule has 0 saturated heterocycles. The third kappa shape index (κ3) is 0.822. The molecule has 2 bridgehead atoms. The summed E-state index contributed by atoms with van der Waals surface area (Å²) in [6.07, 6.45) is 1.44. The van der Waals surface area contributed by atoms with Crippen molar-refractivity contribution in [1.82, 2.24) is 0 Å². The molecule has 0 aromatic heterocycles. The van der Waals surface area contributed by atoms with Gasteiger partial charge in [-0.15, -0.1) is 0 Å². The number of rotatable bonds is 1. The van der Waals surface area contributed by atoms with Gasteiger partial charge in [-0.3, -0.25) is 9.59 Å². The van der Waals surface area contributed by atoms with Crippen molar-refractivity contribution in [2.45, 2.75) is 19.8 Å². The van der Waals surface area contributed by atoms with Gasteiger partial charge in [-0.05, 0) is 18.3 Å². The molecule has 0 unspecified atom stereocenters. The van der Waals surface area contributed by atoms with E-state index in [0.29, 0.717) is 12.3 Å². The van der Waals surface area contributed by atoms with Crippen molar-refractivity contribution in [3.05, 3.63) is 0 Å². The molecule has 1 N–H and O–H groups in total. The van der Waals surface area contributed by atoms with Crippen molar-refractivity contribution in [2.24, 2.45) is 23.7 Å². The predicted octanol–water partition coefficient (Wildman–Crippen LogP) is 0.932. The van der Waals surface area contributed by atoms with Crippen molar-refractivity contribution in [3.8, 4) is 0 Å². The van der Waals surface area contributed by atoms with Crippen molar-refractivity contribution in [1.29, 1.82) is 0 Å². The highest BCUT2D eigenvalue weighted by Gasteiger charge is 2.53. The van der Waals surface area contributed by atoms with Crippen LogP contribution in [-0.2, 0) is 9.59 Å². The number of carbonyl (C=O) groups excluding carboxylic acids is 1. The van der Waals surface area contributed by atoms with E-state index in [1.807, 2.05) is 6.92 Å². The summed E-state index contributed by atoms with van der Waals surface area (Å²) in [6, 6.07) is 0. The zero-order valence-corrected chi connectivity index (χ0v) is 6.99. The molecule has 0 aromatic rings. The second kappa shape index (κ2) is 2.31. The van der Waals surface area contributed by atoms with E-state index < -0.39 is 11.9 Å². The summed E-state index contributed by atoms with van der Waals surface area (Å²) in [5, 5.41) is 8.87. The van der Waals surface area contributed by atoms with Crippen molar-refractivity contribution < 1.29 is 14.7 Å². The Balaban J connectivity index is 2.26. The molecule has 2 aliphatic rings.